The molecular formula is C15H15N3O. The van der Waals surface area contributed by atoms with Crippen LogP contribution in [0.2, 0.25) is 0 Å². The zero-order valence-corrected chi connectivity index (χ0v) is 10.5. The summed E-state index contributed by atoms with van der Waals surface area (Å²) in [6, 6.07) is 10.4. The Kier molecular flexibility index (Phi) is 3.14. The van der Waals surface area contributed by atoms with Crippen molar-refractivity contribution in [2.75, 3.05) is 18.1 Å². The quantitative estimate of drug-likeness (QED) is 0.879. The van der Waals surface area contributed by atoms with Crippen LogP contribution in [-0.4, -0.2) is 30.9 Å². The number of amidine groups is 1. The van der Waals surface area contributed by atoms with Crippen LogP contribution >= 0.6 is 0 Å². The molecule has 1 atom stereocenters. The van der Waals surface area contributed by atoms with Crippen molar-refractivity contribution in [1.29, 1.82) is 5.41 Å². The van der Waals surface area contributed by atoms with Crippen LogP contribution in [0.5, 0.6) is 0 Å². The van der Waals surface area contributed by atoms with Crippen molar-refractivity contribution < 1.29 is 4.74 Å². The van der Waals surface area contributed by atoms with Crippen LogP contribution in [0.1, 0.15) is 0 Å². The Morgan fingerprint density at radius 1 is 1.21 bits per heavy atom. The first-order chi connectivity index (χ1) is 9.36. The van der Waals surface area contributed by atoms with E-state index in [0.717, 1.165) is 5.69 Å². The second kappa shape index (κ2) is 5.10. The Hall–Kier alpha value is -2.36. The molecule has 4 nitrogen and oxygen atoms in total. The molecule has 19 heavy (non-hydrogen) atoms. The number of aliphatic imine (C=N–C) groups is 1. The Bertz CT molecular complexity index is 560. The van der Waals surface area contributed by atoms with Gasteiger partial charge in [0.05, 0.1) is 18.3 Å². The van der Waals surface area contributed by atoms with Crippen LogP contribution < -0.4 is 4.90 Å². The molecule has 0 amide bonds. The minimum Gasteiger partial charge on any atom is -0.463 e. The fraction of sp³-hybridized carbons (Fsp3) is 0.200. The minimum absolute atomic E-state index is 0.163. The molecule has 1 aromatic rings. The molecule has 0 saturated carbocycles. The van der Waals surface area contributed by atoms with Gasteiger partial charge >= 0.3 is 0 Å². The largest absolute Gasteiger partial charge is 0.463 e. The van der Waals surface area contributed by atoms with Crippen LogP contribution in [0.15, 0.2) is 59.6 Å². The van der Waals surface area contributed by atoms with Crippen LogP contribution in [0, 0.1) is 5.41 Å². The molecule has 4 heteroatoms. The van der Waals surface area contributed by atoms with Crippen molar-refractivity contribution in [3.63, 3.8) is 0 Å². The van der Waals surface area contributed by atoms with Gasteiger partial charge in [-0.25, -0.2) is 4.99 Å². The summed E-state index contributed by atoms with van der Waals surface area (Å²) in [5.41, 5.74) is 1.52. The number of ether oxygens (including phenoxy) is 1. The maximum absolute atomic E-state index is 8.10. The summed E-state index contributed by atoms with van der Waals surface area (Å²) < 4.78 is 5.59. The lowest BCUT2D eigenvalue weighted by Gasteiger charge is -2.31. The summed E-state index contributed by atoms with van der Waals surface area (Å²) >= 11 is 0. The normalized spacial score (nSPS) is 21.2. The van der Waals surface area contributed by atoms with Gasteiger partial charge in [-0.1, -0.05) is 36.4 Å². The van der Waals surface area contributed by atoms with Gasteiger partial charge < -0.3 is 10.1 Å². The highest BCUT2D eigenvalue weighted by Gasteiger charge is 2.28. The Morgan fingerprint density at radius 2 is 2.05 bits per heavy atom. The number of rotatable bonds is 2. The van der Waals surface area contributed by atoms with Crippen molar-refractivity contribution in [2.24, 2.45) is 4.99 Å². The molecule has 96 valence electrons. The van der Waals surface area contributed by atoms with Gasteiger partial charge in [0.2, 0.25) is 0 Å². The first kappa shape index (κ1) is 11.7. The number of hydrogen-bond acceptors (Lipinski definition) is 4. The zero-order valence-electron chi connectivity index (χ0n) is 10.5. The van der Waals surface area contributed by atoms with E-state index >= 15 is 0 Å². The van der Waals surface area contributed by atoms with E-state index in [4.69, 9.17) is 10.1 Å². The first-order valence-corrected chi connectivity index (χ1v) is 6.31. The lowest BCUT2D eigenvalue weighted by atomic mass is 10.0. The summed E-state index contributed by atoms with van der Waals surface area (Å²) in [6.45, 7) is 1.29. The molecule has 1 aromatic carbocycles. The average molecular weight is 253 g/mol. The van der Waals surface area contributed by atoms with Gasteiger partial charge in [0.15, 0.2) is 0 Å². The van der Waals surface area contributed by atoms with Gasteiger partial charge in [0.1, 0.15) is 6.61 Å². The molecular weight excluding hydrogens is 238 g/mol. The molecule has 3 rings (SSSR count). The summed E-state index contributed by atoms with van der Waals surface area (Å²) in [6.07, 6.45) is 7.61. The molecule has 1 heterocycles. The van der Waals surface area contributed by atoms with Crippen molar-refractivity contribution >= 4 is 17.4 Å². The van der Waals surface area contributed by atoms with Crippen LogP contribution in [0.3, 0.4) is 0 Å². The predicted octanol–water partition coefficient (Wildman–Crippen LogP) is 2.39. The predicted molar refractivity (Wildman–Crippen MR) is 77.0 cm³/mol. The second-order valence-corrected chi connectivity index (χ2v) is 4.36. The molecule has 1 aliphatic heterocycles. The molecule has 0 fully saturated rings. The molecule has 0 saturated heterocycles. The van der Waals surface area contributed by atoms with Gasteiger partial charge in [-0.3, -0.25) is 4.90 Å². The van der Waals surface area contributed by atoms with Crippen molar-refractivity contribution in [2.45, 2.75) is 6.04 Å². The maximum atomic E-state index is 8.10. The summed E-state index contributed by atoms with van der Waals surface area (Å²) in [7, 11) is 0. The molecule has 1 unspecified atom stereocenters. The maximum Gasteiger partial charge on any atom is 0.292 e. The fourth-order valence-corrected chi connectivity index (χ4v) is 2.20. The van der Waals surface area contributed by atoms with Gasteiger partial charge in [-0.15, -0.1) is 0 Å². The van der Waals surface area contributed by atoms with Crippen LogP contribution in [0.4, 0.5) is 5.69 Å². The van der Waals surface area contributed by atoms with Gasteiger partial charge in [-0.05, 0) is 18.2 Å². The van der Waals surface area contributed by atoms with E-state index in [1.165, 1.54) is 0 Å². The Labute approximate surface area is 112 Å². The number of nitrogens with one attached hydrogen (secondary N) is 1. The lowest BCUT2D eigenvalue weighted by Crippen LogP contribution is -2.44. The number of benzene rings is 1. The topological polar surface area (TPSA) is 48.7 Å². The third kappa shape index (κ3) is 2.29. The van der Waals surface area contributed by atoms with Crippen molar-refractivity contribution in [1.82, 2.24) is 0 Å². The van der Waals surface area contributed by atoms with E-state index in [2.05, 4.69) is 4.99 Å². The van der Waals surface area contributed by atoms with Crippen molar-refractivity contribution in [3.8, 4) is 0 Å². The van der Waals surface area contributed by atoms with E-state index in [1.807, 2.05) is 53.5 Å². The van der Waals surface area contributed by atoms with Gasteiger partial charge in [0.25, 0.3) is 6.02 Å². The van der Waals surface area contributed by atoms with E-state index in [9.17, 15) is 0 Å². The Balaban J connectivity index is 1.99. The number of para-hydroxylation sites is 1. The smallest absolute Gasteiger partial charge is 0.292 e. The van der Waals surface area contributed by atoms with E-state index in [-0.39, 0.29) is 6.04 Å². The summed E-state index contributed by atoms with van der Waals surface area (Å²) in [4.78, 5) is 6.36. The summed E-state index contributed by atoms with van der Waals surface area (Å²) in [5.74, 6) is 0. The monoisotopic (exact) mass is 253 g/mol. The molecule has 2 aliphatic rings. The molecule has 1 N–H and O–H groups in total. The number of allylic oxidation sites excluding steroid dienone is 2. The molecule has 0 aromatic heterocycles. The Morgan fingerprint density at radius 3 is 2.74 bits per heavy atom. The molecule has 0 spiro atoms. The van der Waals surface area contributed by atoms with Crippen molar-refractivity contribution in [3.05, 3.63) is 54.6 Å². The molecule has 1 aliphatic carbocycles. The lowest BCUT2D eigenvalue weighted by molar-refractivity contribution is 0.338. The number of anilines is 1. The SMILES string of the molecule is N=C1C=CC=CC1N(C1=NCCO1)c1ccccc1. The number of nitrogens with zero attached hydrogens (tertiary/aromatic N) is 2. The first-order valence-electron chi connectivity index (χ1n) is 6.31. The highest BCUT2D eigenvalue weighted by atomic mass is 16.5. The highest BCUT2D eigenvalue weighted by molar-refractivity contribution is 6.08. The van der Waals surface area contributed by atoms with E-state index in [0.29, 0.717) is 24.9 Å². The van der Waals surface area contributed by atoms with E-state index in [1.54, 1.807) is 6.08 Å². The minimum atomic E-state index is -0.163. The van der Waals surface area contributed by atoms with Crippen LogP contribution in [-0.2, 0) is 4.74 Å². The standard InChI is InChI=1S/C15H15N3O/c16-13-8-4-5-9-14(13)18(15-17-10-11-19-15)12-6-2-1-3-7-12/h1-9,14,16H,10-11H2. The van der Waals surface area contributed by atoms with Crippen LogP contribution in [0.25, 0.3) is 0 Å². The third-order valence-corrected chi connectivity index (χ3v) is 3.09. The highest BCUT2D eigenvalue weighted by Crippen LogP contribution is 2.22. The third-order valence-electron chi connectivity index (χ3n) is 3.09. The fourth-order valence-electron chi connectivity index (χ4n) is 2.20. The van der Waals surface area contributed by atoms with Gasteiger partial charge in [0, 0.05) is 5.69 Å². The second-order valence-electron chi connectivity index (χ2n) is 4.36. The average Bonchev–Trinajstić information content (AvgIpc) is 2.96. The molecule has 0 bridgehead atoms. The van der Waals surface area contributed by atoms with Gasteiger partial charge in [-0.2, -0.15) is 0 Å². The zero-order chi connectivity index (χ0) is 13.1. The molecule has 0 radical (unpaired) electrons. The number of hydrogen-bond donors (Lipinski definition) is 1. The summed E-state index contributed by atoms with van der Waals surface area (Å²) in [5, 5.41) is 8.10. The van der Waals surface area contributed by atoms with E-state index < -0.39 is 0 Å².